The average Bonchev–Trinajstić information content (AvgIpc) is 3.50. The molecular formula is C25H28N2O4. The number of carbonyl (C=O) groups excluding carboxylic acids is 2. The smallest absolute Gasteiger partial charge is 0.253 e. The minimum absolute atomic E-state index is 0.0688. The van der Waals surface area contributed by atoms with Crippen LogP contribution in [0.2, 0.25) is 0 Å². The molecule has 0 N–H and O–H groups in total. The van der Waals surface area contributed by atoms with E-state index >= 15 is 0 Å². The van der Waals surface area contributed by atoms with Crippen LogP contribution in [0.5, 0.6) is 11.5 Å². The van der Waals surface area contributed by atoms with Gasteiger partial charge in [-0.1, -0.05) is 12.1 Å². The number of hydrogen-bond acceptors (Lipinski definition) is 4. The molecule has 162 valence electrons. The molecule has 0 unspecified atom stereocenters. The molecular weight excluding hydrogens is 392 g/mol. The second kappa shape index (κ2) is 7.91. The maximum Gasteiger partial charge on any atom is 0.253 e. The molecule has 2 heterocycles. The standard InChI is InChI=1S/C25H28N2O4/c1-30-21-7-5-20(6-8-21)25(10-11-25)24(29)27-14-15-31-22-9-4-18(16-19(22)17-27)23(28)26-12-2-3-13-26/h4-9,16H,2-3,10-15,17H2,1H3. The molecule has 2 aromatic rings. The van der Waals surface area contributed by atoms with Crippen molar-refractivity contribution < 1.29 is 19.1 Å². The Bertz CT molecular complexity index is 991. The van der Waals surface area contributed by atoms with Crippen LogP contribution in [-0.4, -0.2) is 55.0 Å². The highest BCUT2D eigenvalue weighted by atomic mass is 16.5. The number of ether oxygens (including phenoxy) is 2. The monoisotopic (exact) mass is 420 g/mol. The summed E-state index contributed by atoms with van der Waals surface area (Å²) >= 11 is 0. The van der Waals surface area contributed by atoms with Crippen molar-refractivity contribution in [1.29, 1.82) is 0 Å². The second-order valence-corrected chi connectivity index (χ2v) is 8.71. The molecule has 0 atom stereocenters. The average molecular weight is 421 g/mol. The zero-order valence-electron chi connectivity index (χ0n) is 17.9. The summed E-state index contributed by atoms with van der Waals surface area (Å²) < 4.78 is 11.2. The van der Waals surface area contributed by atoms with E-state index < -0.39 is 5.41 Å². The molecule has 0 radical (unpaired) electrons. The summed E-state index contributed by atoms with van der Waals surface area (Å²) in [4.78, 5) is 30.2. The Morgan fingerprint density at radius 2 is 1.71 bits per heavy atom. The highest BCUT2D eigenvalue weighted by Crippen LogP contribution is 2.50. The second-order valence-electron chi connectivity index (χ2n) is 8.71. The predicted octanol–water partition coefficient (Wildman–Crippen LogP) is 3.38. The van der Waals surface area contributed by atoms with Gasteiger partial charge in [0.1, 0.15) is 18.1 Å². The highest BCUT2D eigenvalue weighted by molar-refractivity contribution is 5.95. The Morgan fingerprint density at radius 3 is 2.39 bits per heavy atom. The van der Waals surface area contributed by atoms with Gasteiger partial charge in [-0.3, -0.25) is 9.59 Å². The Labute approximate surface area is 182 Å². The van der Waals surface area contributed by atoms with E-state index in [0.717, 1.165) is 61.4 Å². The number of methoxy groups -OCH3 is 1. The Morgan fingerprint density at radius 1 is 0.968 bits per heavy atom. The maximum atomic E-state index is 13.6. The van der Waals surface area contributed by atoms with Crippen LogP contribution in [0.1, 0.15) is 47.2 Å². The van der Waals surface area contributed by atoms with Gasteiger partial charge in [0.25, 0.3) is 5.91 Å². The fraction of sp³-hybridized carbons (Fsp3) is 0.440. The van der Waals surface area contributed by atoms with Gasteiger partial charge in [-0.05, 0) is 61.6 Å². The van der Waals surface area contributed by atoms with Crippen molar-refractivity contribution >= 4 is 11.8 Å². The SMILES string of the molecule is COc1ccc(C2(C(=O)N3CCOc4ccc(C(=O)N5CCCC5)cc4C3)CC2)cc1. The van der Waals surface area contributed by atoms with E-state index in [2.05, 4.69) is 0 Å². The van der Waals surface area contributed by atoms with Gasteiger partial charge in [-0.2, -0.15) is 0 Å². The maximum absolute atomic E-state index is 13.6. The van der Waals surface area contributed by atoms with Crippen molar-refractivity contribution in [3.8, 4) is 11.5 Å². The lowest BCUT2D eigenvalue weighted by Crippen LogP contribution is -2.40. The van der Waals surface area contributed by atoms with Crippen LogP contribution in [0.3, 0.4) is 0 Å². The lowest BCUT2D eigenvalue weighted by molar-refractivity contribution is -0.134. The highest BCUT2D eigenvalue weighted by Gasteiger charge is 2.53. The third kappa shape index (κ3) is 3.64. The number of hydrogen-bond donors (Lipinski definition) is 0. The van der Waals surface area contributed by atoms with Crippen LogP contribution in [0.4, 0.5) is 0 Å². The molecule has 5 rings (SSSR count). The minimum atomic E-state index is -0.445. The van der Waals surface area contributed by atoms with Gasteiger partial charge in [-0.15, -0.1) is 0 Å². The van der Waals surface area contributed by atoms with E-state index in [9.17, 15) is 9.59 Å². The number of nitrogens with zero attached hydrogens (tertiary/aromatic N) is 2. The minimum Gasteiger partial charge on any atom is -0.497 e. The Kier molecular flexibility index (Phi) is 5.08. The number of rotatable bonds is 4. The van der Waals surface area contributed by atoms with Crippen molar-refractivity contribution in [3.63, 3.8) is 0 Å². The fourth-order valence-electron chi connectivity index (χ4n) is 4.77. The van der Waals surface area contributed by atoms with Gasteiger partial charge in [0.2, 0.25) is 5.91 Å². The van der Waals surface area contributed by atoms with Crippen LogP contribution >= 0.6 is 0 Å². The van der Waals surface area contributed by atoms with E-state index in [1.807, 2.05) is 52.3 Å². The van der Waals surface area contributed by atoms with Crippen LogP contribution in [0.15, 0.2) is 42.5 Å². The van der Waals surface area contributed by atoms with Crippen LogP contribution in [0.25, 0.3) is 0 Å². The Balaban J connectivity index is 1.37. The number of benzene rings is 2. The molecule has 6 heteroatoms. The largest absolute Gasteiger partial charge is 0.497 e. The van der Waals surface area contributed by atoms with E-state index in [-0.39, 0.29) is 11.8 Å². The molecule has 0 bridgehead atoms. The summed E-state index contributed by atoms with van der Waals surface area (Å²) in [6, 6.07) is 13.5. The molecule has 2 aliphatic heterocycles. The lowest BCUT2D eigenvalue weighted by atomic mass is 9.94. The van der Waals surface area contributed by atoms with E-state index in [4.69, 9.17) is 9.47 Å². The molecule has 2 aromatic carbocycles. The summed E-state index contributed by atoms with van der Waals surface area (Å²) in [5.74, 6) is 1.77. The first-order valence-electron chi connectivity index (χ1n) is 11.1. The molecule has 0 spiro atoms. The number of carbonyl (C=O) groups is 2. The van der Waals surface area contributed by atoms with Gasteiger partial charge in [0.05, 0.1) is 19.1 Å². The fourth-order valence-corrected chi connectivity index (χ4v) is 4.77. The zero-order chi connectivity index (χ0) is 21.4. The first kappa shape index (κ1) is 19.9. The molecule has 2 amide bonds. The quantitative estimate of drug-likeness (QED) is 0.761. The molecule has 31 heavy (non-hydrogen) atoms. The van der Waals surface area contributed by atoms with Crippen molar-refractivity contribution in [2.75, 3.05) is 33.4 Å². The van der Waals surface area contributed by atoms with Crippen LogP contribution < -0.4 is 9.47 Å². The summed E-state index contributed by atoms with van der Waals surface area (Å²) in [6.07, 6.45) is 3.84. The molecule has 1 aliphatic carbocycles. The van der Waals surface area contributed by atoms with E-state index in [0.29, 0.717) is 25.3 Å². The van der Waals surface area contributed by atoms with E-state index in [1.54, 1.807) is 7.11 Å². The van der Waals surface area contributed by atoms with Crippen molar-refractivity contribution in [1.82, 2.24) is 9.80 Å². The Hall–Kier alpha value is -3.02. The molecule has 1 saturated heterocycles. The van der Waals surface area contributed by atoms with Crippen LogP contribution in [-0.2, 0) is 16.8 Å². The van der Waals surface area contributed by atoms with Crippen molar-refractivity contribution in [3.05, 3.63) is 59.2 Å². The first-order valence-corrected chi connectivity index (χ1v) is 11.1. The normalized spacial score (nSPS) is 19.3. The van der Waals surface area contributed by atoms with Gasteiger partial charge < -0.3 is 19.3 Å². The predicted molar refractivity (Wildman–Crippen MR) is 116 cm³/mol. The molecule has 6 nitrogen and oxygen atoms in total. The van der Waals surface area contributed by atoms with Crippen molar-refractivity contribution in [2.24, 2.45) is 0 Å². The molecule has 0 aromatic heterocycles. The molecule has 3 aliphatic rings. The molecule has 2 fully saturated rings. The van der Waals surface area contributed by atoms with Gasteiger partial charge >= 0.3 is 0 Å². The summed E-state index contributed by atoms with van der Waals surface area (Å²) in [6.45, 7) is 3.10. The first-order chi connectivity index (χ1) is 15.1. The van der Waals surface area contributed by atoms with Gasteiger partial charge in [0.15, 0.2) is 0 Å². The lowest BCUT2D eigenvalue weighted by Gasteiger charge is -2.26. The number of amides is 2. The summed E-state index contributed by atoms with van der Waals surface area (Å²) in [5, 5.41) is 0. The third-order valence-electron chi connectivity index (χ3n) is 6.77. The molecule has 1 saturated carbocycles. The summed E-state index contributed by atoms with van der Waals surface area (Å²) in [7, 11) is 1.64. The third-order valence-corrected chi connectivity index (χ3v) is 6.77. The number of fused-ring (bicyclic) bond motifs is 1. The van der Waals surface area contributed by atoms with Crippen LogP contribution in [0, 0.1) is 0 Å². The topological polar surface area (TPSA) is 59.1 Å². The van der Waals surface area contributed by atoms with Crippen molar-refractivity contribution in [2.45, 2.75) is 37.6 Å². The van der Waals surface area contributed by atoms with Gasteiger partial charge in [-0.25, -0.2) is 0 Å². The summed E-state index contributed by atoms with van der Waals surface area (Å²) in [5.41, 5.74) is 2.18. The number of likely N-dealkylation sites (tertiary alicyclic amines) is 1. The van der Waals surface area contributed by atoms with E-state index in [1.165, 1.54) is 0 Å². The zero-order valence-corrected chi connectivity index (χ0v) is 17.9. The van der Waals surface area contributed by atoms with Gasteiger partial charge in [0, 0.05) is 30.8 Å².